The molecule has 0 spiro atoms. The van der Waals surface area contributed by atoms with Gasteiger partial charge in [-0.15, -0.1) is 0 Å². The molecular weight excluding hydrogens is 157 g/mol. The number of nitrogens with two attached hydrogens (primary N) is 1. The highest BCUT2D eigenvalue weighted by Crippen LogP contribution is 2.11. The molecule has 1 aromatic carbocycles. The Morgan fingerprint density at radius 1 is 1.33 bits per heavy atom. The molecule has 0 radical (unpaired) electrons. The first-order chi connectivity index (χ1) is 5.74. The molecule has 0 aliphatic heterocycles. The van der Waals surface area contributed by atoms with Gasteiger partial charge in [0.05, 0.1) is 4.92 Å². The van der Waals surface area contributed by atoms with E-state index < -0.39 is 4.92 Å². The SMILES string of the molecule is [15NH2]CCc1ccc([N+](=O)[O-])cc1. The number of nitro benzene ring substituents is 1. The van der Waals surface area contributed by atoms with Gasteiger partial charge in [-0.3, -0.25) is 10.1 Å². The van der Waals surface area contributed by atoms with Crippen molar-refractivity contribution in [3.8, 4) is 0 Å². The molecule has 12 heavy (non-hydrogen) atoms. The van der Waals surface area contributed by atoms with Crippen molar-refractivity contribution in [1.29, 1.82) is 0 Å². The topological polar surface area (TPSA) is 69.2 Å². The number of benzene rings is 1. The first kappa shape index (κ1) is 8.67. The normalized spacial score (nSPS) is 9.75. The summed E-state index contributed by atoms with van der Waals surface area (Å²) in [5, 5.41) is 10.3. The Kier molecular flexibility index (Phi) is 2.76. The molecule has 0 amide bonds. The molecule has 64 valence electrons. The van der Waals surface area contributed by atoms with Gasteiger partial charge in [-0.25, -0.2) is 0 Å². The van der Waals surface area contributed by atoms with Crippen molar-refractivity contribution < 1.29 is 4.92 Å². The zero-order valence-electron chi connectivity index (χ0n) is 6.56. The average molecular weight is 167 g/mol. The Morgan fingerprint density at radius 2 is 1.92 bits per heavy atom. The summed E-state index contributed by atoms with van der Waals surface area (Å²) >= 11 is 0. The number of nitrogens with zero attached hydrogens (tertiary/aromatic N) is 1. The molecule has 0 aliphatic rings. The highest BCUT2D eigenvalue weighted by atomic mass is 16.6. The van der Waals surface area contributed by atoms with Crippen LogP contribution in [0.2, 0.25) is 0 Å². The fourth-order valence-corrected chi connectivity index (χ4v) is 0.951. The molecule has 0 fully saturated rings. The van der Waals surface area contributed by atoms with Gasteiger partial charge >= 0.3 is 0 Å². The van der Waals surface area contributed by atoms with Crippen LogP contribution >= 0.6 is 0 Å². The van der Waals surface area contributed by atoms with E-state index in [1.54, 1.807) is 12.1 Å². The molecule has 0 saturated carbocycles. The highest BCUT2D eigenvalue weighted by Gasteiger charge is 2.02. The Morgan fingerprint density at radius 3 is 2.33 bits per heavy atom. The van der Waals surface area contributed by atoms with Crippen LogP contribution in [0.15, 0.2) is 24.3 Å². The molecular formula is C8H10N2O2. The smallest absolute Gasteiger partial charge is 0.269 e. The molecule has 0 aromatic heterocycles. The van der Waals surface area contributed by atoms with Crippen molar-refractivity contribution in [3.05, 3.63) is 39.9 Å². The van der Waals surface area contributed by atoms with Crippen LogP contribution < -0.4 is 5.73 Å². The minimum absolute atomic E-state index is 0.121. The quantitative estimate of drug-likeness (QED) is 0.416. The fraction of sp³-hybridized carbons (Fsp3) is 0.250. The molecule has 2 N–H and O–H groups in total. The summed E-state index contributed by atoms with van der Waals surface area (Å²) in [6, 6.07) is 6.44. The first-order valence-corrected chi connectivity index (χ1v) is 3.67. The molecule has 1 aromatic rings. The summed E-state index contributed by atoms with van der Waals surface area (Å²) in [6.07, 6.45) is 0.762. The van der Waals surface area contributed by atoms with Gasteiger partial charge in [0.15, 0.2) is 0 Å². The van der Waals surface area contributed by atoms with E-state index in [-0.39, 0.29) is 5.69 Å². The maximum Gasteiger partial charge on any atom is 0.269 e. The van der Waals surface area contributed by atoms with E-state index in [2.05, 4.69) is 0 Å². The van der Waals surface area contributed by atoms with E-state index in [0.717, 1.165) is 12.0 Å². The lowest BCUT2D eigenvalue weighted by Crippen LogP contribution is -2.02. The Bertz CT molecular complexity index is 269. The summed E-state index contributed by atoms with van der Waals surface area (Å²) in [6.45, 7) is 0.567. The Labute approximate surface area is 70.2 Å². The average Bonchev–Trinajstić information content (AvgIpc) is 2.06. The van der Waals surface area contributed by atoms with Crippen molar-refractivity contribution in [3.63, 3.8) is 0 Å². The van der Waals surface area contributed by atoms with Crippen molar-refractivity contribution in [1.82, 2.24) is 0 Å². The summed E-state index contributed by atoms with van der Waals surface area (Å²) in [5.74, 6) is 0. The second-order valence-corrected chi connectivity index (χ2v) is 2.46. The van der Waals surface area contributed by atoms with Gasteiger partial charge in [-0.1, -0.05) is 12.1 Å². The molecule has 0 bridgehead atoms. The summed E-state index contributed by atoms with van der Waals surface area (Å²) in [5.41, 5.74) is 6.48. The van der Waals surface area contributed by atoms with Crippen molar-refractivity contribution in [2.45, 2.75) is 6.42 Å². The molecule has 0 atom stereocenters. The lowest BCUT2D eigenvalue weighted by Gasteiger charge is -1.96. The molecule has 4 heteroatoms. The van der Waals surface area contributed by atoms with Gasteiger partial charge in [-0.2, -0.15) is 0 Å². The molecule has 1 rings (SSSR count). The van der Waals surface area contributed by atoms with E-state index in [1.165, 1.54) is 12.1 Å². The second-order valence-electron chi connectivity index (χ2n) is 2.46. The van der Waals surface area contributed by atoms with Gasteiger partial charge < -0.3 is 5.73 Å². The molecule has 4 nitrogen and oxygen atoms in total. The molecule has 0 heterocycles. The maximum atomic E-state index is 10.3. The largest absolute Gasteiger partial charge is 0.330 e. The number of rotatable bonds is 3. The lowest BCUT2D eigenvalue weighted by atomic mass is 10.1. The zero-order chi connectivity index (χ0) is 8.97. The number of hydrogen-bond donors (Lipinski definition) is 1. The van der Waals surface area contributed by atoms with E-state index in [0.29, 0.717) is 6.54 Å². The van der Waals surface area contributed by atoms with E-state index in [9.17, 15) is 10.1 Å². The minimum Gasteiger partial charge on any atom is -0.330 e. The van der Waals surface area contributed by atoms with Crippen molar-refractivity contribution in [2.24, 2.45) is 5.73 Å². The van der Waals surface area contributed by atoms with Crippen molar-refractivity contribution in [2.75, 3.05) is 6.54 Å². The van der Waals surface area contributed by atoms with Crippen LogP contribution in [0.25, 0.3) is 0 Å². The Balaban J connectivity index is 2.78. The Hall–Kier alpha value is -1.42. The van der Waals surface area contributed by atoms with Crippen LogP contribution in [0.3, 0.4) is 0 Å². The van der Waals surface area contributed by atoms with E-state index in [1.807, 2.05) is 0 Å². The third-order valence-corrected chi connectivity index (χ3v) is 1.58. The maximum absolute atomic E-state index is 10.3. The molecule has 0 aliphatic carbocycles. The van der Waals surface area contributed by atoms with Gasteiger partial charge in [0.1, 0.15) is 0 Å². The van der Waals surface area contributed by atoms with Crippen LogP contribution in [-0.2, 0) is 6.42 Å². The lowest BCUT2D eigenvalue weighted by molar-refractivity contribution is -0.384. The predicted molar refractivity (Wildman–Crippen MR) is 45.9 cm³/mol. The van der Waals surface area contributed by atoms with Gasteiger partial charge in [-0.05, 0) is 18.5 Å². The van der Waals surface area contributed by atoms with E-state index >= 15 is 0 Å². The second kappa shape index (κ2) is 3.82. The highest BCUT2D eigenvalue weighted by molar-refractivity contribution is 5.32. The standard InChI is InChI=1S/C8H10N2O2/c9-6-5-7-1-3-8(4-2-7)10(11)12/h1-4H,5-6,9H2/i9+1. The summed E-state index contributed by atoms with van der Waals surface area (Å²) < 4.78 is 0. The van der Waals surface area contributed by atoms with Crippen molar-refractivity contribution >= 4 is 5.69 Å². The zero-order valence-corrected chi connectivity index (χ0v) is 6.56. The number of nitro groups is 1. The number of non-ortho nitro benzene ring substituents is 1. The third-order valence-electron chi connectivity index (χ3n) is 1.58. The van der Waals surface area contributed by atoms with Crippen LogP contribution in [0.1, 0.15) is 5.56 Å². The van der Waals surface area contributed by atoms with Crippen LogP contribution in [-0.4, -0.2) is 11.5 Å². The van der Waals surface area contributed by atoms with Gasteiger partial charge in [0.25, 0.3) is 5.69 Å². The van der Waals surface area contributed by atoms with Crippen LogP contribution in [0.5, 0.6) is 0 Å². The third kappa shape index (κ3) is 2.03. The minimum atomic E-state index is -0.410. The summed E-state index contributed by atoms with van der Waals surface area (Å²) in [7, 11) is 0. The van der Waals surface area contributed by atoms with E-state index in [4.69, 9.17) is 5.73 Å². The fourth-order valence-electron chi connectivity index (χ4n) is 0.951. The molecule has 0 saturated heterocycles. The summed E-state index contributed by atoms with van der Waals surface area (Å²) in [4.78, 5) is 9.84. The van der Waals surface area contributed by atoms with Crippen LogP contribution in [0.4, 0.5) is 5.69 Å². The van der Waals surface area contributed by atoms with Gasteiger partial charge in [0.2, 0.25) is 0 Å². The number of hydrogen-bond acceptors (Lipinski definition) is 3. The monoisotopic (exact) mass is 167 g/mol. The molecule has 0 unspecified atom stereocenters. The van der Waals surface area contributed by atoms with Gasteiger partial charge in [0, 0.05) is 12.1 Å². The predicted octanol–water partition coefficient (Wildman–Crippen LogP) is 1.10. The first-order valence-electron chi connectivity index (χ1n) is 3.67. The van der Waals surface area contributed by atoms with Crippen LogP contribution in [0, 0.1) is 10.1 Å².